The van der Waals surface area contributed by atoms with Gasteiger partial charge >= 0.3 is 0 Å². The third-order valence-electron chi connectivity index (χ3n) is 6.84. The van der Waals surface area contributed by atoms with E-state index in [1.54, 1.807) is 0 Å². The Bertz CT molecular complexity index is 378. The molecule has 2 unspecified atom stereocenters. The van der Waals surface area contributed by atoms with Gasteiger partial charge in [-0.05, 0) is 12.8 Å². The minimum absolute atomic E-state index is 0.262. The van der Waals surface area contributed by atoms with Gasteiger partial charge in [0.1, 0.15) is 11.2 Å². The fourth-order valence-electron chi connectivity index (χ4n) is 6.59. The van der Waals surface area contributed by atoms with E-state index in [0.717, 1.165) is 23.7 Å². The van der Waals surface area contributed by atoms with Gasteiger partial charge in [0.2, 0.25) is 0 Å². The molecule has 4 bridgehead atoms. The van der Waals surface area contributed by atoms with Crippen LogP contribution in [0.25, 0.3) is 0 Å². The van der Waals surface area contributed by atoms with Gasteiger partial charge in [-0.2, -0.15) is 0 Å². The van der Waals surface area contributed by atoms with Gasteiger partial charge in [0.25, 0.3) is 0 Å². The minimum Gasteiger partial charge on any atom is -0.369 e. The molecule has 0 aromatic heterocycles. The normalized spacial score (nSPS) is 91.2. The fourth-order valence-corrected chi connectivity index (χ4v) is 6.59. The zero-order chi connectivity index (χ0) is 9.15. The number of hydrogen-bond donors (Lipinski definition) is 0. The third kappa shape index (κ3) is 0.369. The highest BCUT2D eigenvalue weighted by Gasteiger charge is 3.00. The zero-order valence-electron chi connectivity index (χ0n) is 8.26. The Hall–Kier alpha value is -0.120. The fraction of sp³-hybridized carbons (Fsp3) is 1.00. The van der Waals surface area contributed by atoms with Gasteiger partial charge in [-0.1, -0.05) is 0 Å². The Balaban J connectivity index is 1.57. The molecule has 0 aromatic carbocycles. The third-order valence-corrected chi connectivity index (χ3v) is 6.84. The maximum atomic E-state index is 6.38. The van der Waals surface area contributed by atoms with E-state index in [1.165, 1.54) is 12.8 Å². The van der Waals surface area contributed by atoms with Crippen LogP contribution < -0.4 is 0 Å². The minimum atomic E-state index is 0.262. The lowest BCUT2D eigenvalue weighted by Gasteiger charge is -2.23. The van der Waals surface area contributed by atoms with Crippen molar-refractivity contribution in [2.24, 2.45) is 23.7 Å². The highest BCUT2D eigenvalue weighted by Crippen LogP contribution is 2.88. The molecule has 0 aromatic rings. The van der Waals surface area contributed by atoms with Crippen LogP contribution in [0.4, 0.5) is 0 Å². The zero-order valence-corrected chi connectivity index (χ0v) is 8.26. The maximum Gasteiger partial charge on any atom is 0.109 e. The van der Waals surface area contributed by atoms with Gasteiger partial charge in [-0.3, -0.25) is 0 Å². The van der Waals surface area contributed by atoms with Crippen LogP contribution in [0.1, 0.15) is 12.8 Å². The molecule has 0 N–H and O–H groups in total. The van der Waals surface area contributed by atoms with E-state index < -0.39 is 0 Å². The number of hydrogen-bond acceptors (Lipinski definition) is 3. The van der Waals surface area contributed by atoms with E-state index in [0.29, 0.717) is 24.4 Å². The first-order valence-corrected chi connectivity index (χ1v) is 6.39. The first-order valence-electron chi connectivity index (χ1n) is 6.39. The summed E-state index contributed by atoms with van der Waals surface area (Å²) in [6, 6.07) is 0. The summed E-state index contributed by atoms with van der Waals surface area (Å²) in [7, 11) is 0. The molecule has 0 radical (unpaired) electrons. The second-order valence-electron chi connectivity index (χ2n) is 6.72. The van der Waals surface area contributed by atoms with Crippen molar-refractivity contribution in [3.05, 3.63) is 0 Å². The molecule has 3 heterocycles. The van der Waals surface area contributed by atoms with E-state index >= 15 is 0 Å². The van der Waals surface area contributed by atoms with Gasteiger partial charge in [0.15, 0.2) is 0 Å². The molecule has 4 saturated carbocycles. The van der Waals surface area contributed by atoms with Crippen LogP contribution in [0.2, 0.25) is 0 Å². The molecule has 7 fully saturated rings. The highest BCUT2D eigenvalue weighted by molar-refractivity contribution is 5.47. The van der Waals surface area contributed by atoms with Crippen molar-refractivity contribution in [2.45, 2.75) is 48.5 Å². The molecule has 3 nitrogen and oxygen atoms in total. The summed E-state index contributed by atoms with van der Waals surface area (Å²) in [5.74, 6) is 2.97. The second kappa shape index (κ2) is 1.38. The average molecular weight is 204 g/mol. The van der Waals surface area contributed by atoms with Gasteiger partial charge in [0.05, 0.1) is 24.4 Å². The smallest absolute Gasteiger partial charge is 0.109 e. The summed E-state index contributed by atoms with van der Waals surface area (Å²) in [6.07, 6.45) is 5.15. The molecular formula is C12H12O3. The molecule has 3 heteroatoms. The van der Waals surface area contributed by atoms with Crippen LogP contribution in [0.3, 0.4) is 0 Å². The molecule has 0 spiro atoms. The molecular weight excluding hydrogens is 192 g/mol. The highest BCUT2D eigenvalue weighted by atomic mass is 16.7. The van der Waals surface area contributed by atoms with E-state index in [9.17, 15) is 0 Å². The molecule has 0 amide bonds. The van der Waals surface area contributed by atoms with Crippen molar-refractivity contribution >= 4 is 0 Å². The van der Waals surface area contributed by atoms with Crippen molar-refractivity contribution in [3.8, 4) is 0 Å². The van der Waals surface area contributed by atoms with Crippen molar-refractivity contribution in [3.63, 3.8) is 0 Å². The van der Waals surface area contributed by atoms with Crippen molar-refractivity contribution in [2.75, 3.05) is 0 Å². The molecule has 78 valence electrons. The quantitative estimate of drug-likeness (QED) is 0.534. The van der Waals surface area contributed by atoms with Gasteiger partial charge in [0, 0.05) is 23.7 Å². The first-order chi connectivity index (χ1) is 7.38. The SMILES string of the molecule is C1[C@H]2[C@@H]3O[C@@H]3[C@H]1C13OC21[C@H]1C[C@H]3[C@H]2O[C@@H]21. The summed E-state index contributed by atoms with van der Waals surface area (Å²) in [6.45, 7) is 0. The second-order valence-corrected chi connectivity index (χ2v) is 6.72. The van der Waals surface area contributed by atoms with Crippen LogP contribution in [0.5, 0.6) is 0 Å². The van der Waals surface area contributed by atoms with Crippen LogP contribution in [0, 0.1) is 23.7 Å². The number of ether oxygens (including phenoxy) is 3. The van der Waals surface area contributed by atoms with Crippen molar-refractivity contribution in [1.82, 2.24) is 0 Å². The van der Waals surface area contributed by atoms with E-state index in [1.807, 2.05) is 0 Å². The monoisotopic (exact) mass is 204 g/mol. The largest absolute Gasteiger partial charge is 0.369 e. The first kappa shape index (κ1) is 6.58. The lowest BCUT2D eigenvalue weighted by Crippen LogP contribution is -2.44. The van der Waals surface area contributed by atoms with Crippen LogP contribution in [0.15, 0.2) is 0 Å². The van der Waals surface area contributed by atoms with Gasteiger partial charge in [-0.15, -0.1) is 0 Å². The standard InChI is InChI=1S/C12H12O3/c1-3-7-8(13-7)4(1)12-6-2-5(9-10(6)14-9)11(3,12)15-12/h3-10H,1-2H2/t3-,4-,5-,6-,7-,8+,9+,10+,11?,12?/m0/s1. The molecule has 7 aliphatic rings. The molecule has 15 heavy (non-hydrogen) atoms. The van der Waals surface area contributed by atoms with Crippen LogP contribution in [-0.4, -0.2) is 35.6 Å². The lowest BCUT2D eigenvalue weighted by atomic mass is 9.71. The molecule has 7 rings (SSSR count). The molecule has 3 saturated heterocycles. The summed E-state index contributed by atoms with van der Waals surface area (Å²) in [4.78, 5) is 0. The summed E-state index contributed by atoms with van der Waals surface area (Å²) >= 11 is 0. The molecule has 4 aliphatic carbocycles. The molecule has 3 aliphatic heterocycles. The Kier molecular flexibility index (Phi) is 0.604. The predicted molar refractivity (Wildman–Crippen MR) is 47.1 cm³/mol. The number of epoxide rings is 3. The van der Waals surface area contributed by atoms with E-state index in [-0.39, 0.29) is 11.2 Å². The van der Waals surface area contributed by atoms with E-state index in [4.69, 9.17) is 14.2 Å². The van der Waals surface area contributed by atoms with Crippen LogP contribution in [-0.2, 0) is 14.2 Å². The van der Waals surface area contributed by atoms with E-state index in [2.05, 4.69) is 0 Å². The summed E-state index contributed by atoms with van der Waals surface area (Å²) in [5.41, 5.74) is 0.523. The van der Waals surface area contributed by atoms with Crippen LogP contribution >= 0.6 is 0 Å². The number of fused-ring (bicyclic) bond motifs is 10. The summed E-state index contributed by atoms with van der Waals surface area (Å²) < 4.78 is 18.0. The van der Waals surface area contributed by atoms with Gasteiger partial charge in [-0.25, -0.2) is 0 Å². The van der Waals surface area contributed by atoms with Crippen molar-refractivity contribution in [1.29, 1.82) is 0 Å². The Labute approximate surface area is 87.1 Å². The lowest BCUT2D eigenvalue weighted by molar-refractivity contribution is 0.0135. The Morgan fingerprint density at radius 2 is 1.07 bits per heavy atom. The Morgan fingerprint density at radius 1 is 0.667 bits per heavy atom. The summed E-state index contributed by atoms with van der Waals surface area (Å²) in [5, 5.41) is 0. The maximum absolute atomic E-state index is 6.38. The molecule has 10 atom stereocenters. The number of rotatable bonds is 0. The average Bonchev–Trinajstić information content (AvgIpc) is 3.20. The van der Waals surface area contributed by atoms with Gasteiger partial charge < -0.3 is 14.2 Å². The topological polar surface area (TPSA) is 37.6 Å². The Morgan fingerprint density at radius 3 is 1.47 bits per heavy atom. The van der Waals surface area contributed by atoms with Crippen molar-refractivity contribution < 1.29 is 14.2 Å². The predicted octanol–water partition coefficient (Wildman–Crippen LogP) is 0.328.